The Hall–Kier alpha value is -1.28. The third-order valence-electron chi connectivity index (χ3n) is 5.42. The lowest BCUT2D eigenvalue weighted by Gasteiger charge is -2.25. The van der Waals surface area contributed by atoms with Crippen LogP contribution in [-0.2, 0) is 16.0 Å². The zero-order valence-electron chi connectivity index (χ0n) is 18.0. The van der Waals surface area contributed by atoms with Gasteiger partial charge in [0.2, 0.25) is 0 Å². The van der Waals surface area contributed by atoms with E-state index in [1.165, 1.54) is 25.5 Å². The van der Waals surface area contributed by atoms with Gasteiger partial charge in [0.15, 0.2) is 0 Å². The largest absolute Gasteiger partial charge is 0.416 e. The Morgan fingerprint density at radius 3 is 2.00 bits per heavy atom. The van der Waals surface area contributed by atoms with Crippen LogP contribution in [0.3, 0.4) is 0 Å². The number of nitrogens with one attached hydrogen (secondary N) is 1. The van der Waals surface area contributed by atoms with Crippen molar-refractivity contribution in [3.05, 3.63) is 34.3 Å². The van der Waals surface area contributed by atoms with Gasteiger partial charge in [-0.1, -0.05) is 37.8 Å². The molecule has 0 aromatic heterocycles. The fraction of sp³-hybridized carbons (Fsp3) is 0.682. The average Bonchev–Trinajstić information content (AvgIpc) is 3.52. The maximum Gasteiger partial charge on any atom is 0.416 e. The summed E-state index contributed by atoms with van der Waals surface area (Å²) >= 11 is 5.73. The summed E-state index contributed by atoms with van der Waals surface area (Å²) in [5.74, 6) is 2.06. The molecule has 3 saturated carbocycles. The second-order valence-corrected chi connectivity index (χ2v) is 11.5. The zero-order chi connectivity index (χ0) is 23.2. The summed E-state index contributed by atoms with van der Waals surface area (Å²) in [6.45, 7) is 2.83. The van der Waals surface area contributed by atoms with Gasteiger partial charge in [-0.2, -0.15) is 13.2 Å². The highest BCUT2D eigenvalue weighted by Crippen LogP contribution is 2.32. The smallest absolute Gasteiger partial charge is 0.352 e. The molecule has 31 heavy (non-hydrogen) atoms. The quantitative estimate of drug-likeness (QED) is 0.582. The molecule has 4 rings (SSSR count). The van der Waals surface area contributed by atoms with E-state index in [0.29, 0.717) is 24.1 Å². The number of benzene rings is 1. The van der Waals surface area contributed by atoms with Crippen molar-refractivity contribution in [3.8, 4) is 0 Å². The molecule has 3 aliphatic rings. The molecule has 3 fully saturated rings. The van der Waals surface area contributed by atoms with Gasteiger partial charge in [-0.05, 0) is 61.6 Å². The summed E-state index contributed by atoms with van der Waals surface area (Å²) in [4.78, 5) is 11.8. The van der Waals surface area contributed by atoms with E-state index in [9.17, 15) is 26.4 Å². The molecule has 0 unspecified atom stereocenters. The van der Waals surface area contributed by atoms with E-state index < -0.39 is 27.5 Å². The summed E-state index contributed by atoms with van der Waals surface area (Å²) in [6.07, 6.45) is 5.39. The number of halogens is 4. The monoisotopic (exact) mass is 481 g/mol. The van der Waals surface area contributed by atoms with Crippen molar-refractivity contribution in [1.82, 2.24) is 5.32 Å². The molecule has 0 radical (unpaired) electrons. The fourth-order valence-electron chi connectivity index (χ4n) is 2.78. The molecule has 0 saturated heterocycles. The topological polar surface area (TPSA) is 63.2 Å². The molecular formula is C22H31ClF3NO3S. The minimum absolute atomic E-state index is 0.0778. The molecule has 0 aliphatic heterocycles. The first-order valence-corrected chi connectivity index (χ1v) is 13.1. The van der Waals surface area contributed by atoms with Gasteiger partial charge in [-0.25, -0.2) is 8.42 Å². The van der Waals surface area contributed by atoms with Crippen molar-refractivity contribution >= 4 is 27.3 Å². The van der Waals surface area contributed by atoms with Crippen LogP contribution >= 0.6 is 11.6 Å². The summed E-state index contributed by atoms with van der Waals surface area (Å²) < 4.78 is 58.3. The lowest BCUT2D eigenvalue weighted by atomic mass is 9.85. The highest BCUT2D eigenvalue weighted by atomic mass is 35.5. The normalized spacial score (nSPS) is 18.6. The molecular weight excluding hydrogens is 451 g/mol. The van der Waals surface area contributed by atoms with Gasteiger partial charge >= 0.3 is 6.18 Å². The second-order valence-electron chi connectivity index (χ2n) is 8.92. The van der Waals surface area contributed by atoms with E-state index in [1.807, 2.05) is 0 Å². The molecule has 1 amide bonds. The van der Waals surface area contributed by atoms with Crippen LogP contribution in [0.25, 0.3) is 0 Å². The minimum Gasteiger partial charge on any atom is -0.352 e. The third-order valence-corrected chi connectivity index (χ3v) is 6.81. The first kappa shape index (κ1) is 26.0. The van der Waals surface area contributed by atoms with Gasteiger partial charge in [0.25, 0.3) is 5.91 Å². The molecule has 9 heteroatoms. The first-order valence-electron chi connectivity index (χ1n) is 10.7. The van der Waals surface area contributed by atoms with Crippen LogP contribution in [-0.4, -0.2) is 32.9 Å². The van der Waals surface area contributed by atoms with E-state index in [4.69, 9.17) is 11.6 Å². The van der Waals surface area contributed by atoms with Gasteiger partial charge in [0.05, 0.1) is 21.9 Å². The Morgan fingerprint density at radius 2 is 1.68 bits per heavy atom. The molecule has 1 N–H and O–H groups in total. The minimum atomic E-state index is -4.45. The van der Waals surface area contributed by atoms with Gasteiger partial charge in [0.1, 0.15) is 9.84 Å². The van der Waals surface area contributed by atoms with E-state index in [0.717, 1.165) is 49.8 Å². The SMILES string of the molecule is CC1CC1.CS(=O)(=O)CC1CC1.O=C(NCC1CCC1)c1ccc(C(F)(F)F)cc1Cl. The van der Waals surface area contributed by atoms with Crippen molar-refractivity contribution in [2.45, 2.75) is 58.0 Å². The highest BCUT2D eigenvalue weighted by Gasteiger charge is 2.31. The van der Waals surface area contributed by atoms with Crippen LogP contribution in [0.15, 0.2) is 18.2 Å². The number of rotatable bonds is 5. The Bertz CT molecular complexity index is 846. The van der Waals surface area contributed by atoms with Crippen molar-refractivity contribution in [2.75, 3.05) is 18.6 Å². The highest BCUT2D eigenvalue weighted by molar-refractivity contribution is 7.90. The van der Waals surface area contributed by atoms with Crippen molar-refractivity contribution in [3.63, 3.8) is 0 Å². The van der Waals surface area contributed by atoms with Crippen LogP contribution in [0.5, 0.6) is 0 Å². The van der Waals surface area contributed by atoms with E-state index in [1.54, 1.807) is 0 Å². The number of carbonyl (C=O) groups is 1. The molecule has 0 atom stereocenters. The predicted molar refractivity (Wildman–Crippen MR) is 117 cm³/mol. The fourth-order valence-corrected chi connectivity index (χ4v) is 4.24. The van der Waals surface area contributed by atoms with Gasteiger partial charge in [-0.15, -0.1) is 0 Å². The number of amides is 1. The number of alkyl halides is 3. The van der Waals surface area contributed by atoms with Gasteiger partial charge < -0.3 is 5.32 Å². The number of carbonyl (C=O) groups excluding carboxylic acids is 1. The van der Waals surface area contributed by atoms with Gasteiger partial charge in [-0.3, -0.25) is 4.79 Å². The zero-order valence-corrected chi connectivity index (χ0v) is 19.5. The average molecular weight is 482 g/mol. The number of sulfone groups is 1. The summed E-state index contributed by atoms with van der Waals surface area (Å²) in [5.41, 5.74) is -0.776. The summed E-state index contributed by atoms with van der Waals surface area (Å²) in [5, 5.41) is 2.52. The lowest BCUT2D eigenvalue weighted by Crippen LogP contribution is -2.32. The first-order chi connectivity index (χ1) is 14.3. The molecule has 176 valence electrons. The Balaban J connectivity index is 0.000000231. The molecule has 3 aliphatic carbocycles. The van der Waals surface area contributed by atoms with Crippen LogP contribution in [0.1, 0.15) is 67.8 Å². The Labute approximate surface area is 187 Å². The Morgan fingerprint density at radius 1 is 1.10 bits per heavy atom. The predicted octanol–water partition coefficient (Wildman–Crippen LogP) is 5.75. The summed E-state index contributed by atoms with van der Waals surface area (Å²) in [6, 6.07) is 2.76. The standard InChI is InChI=1S/C13H13ClF3NO.C5H10O2S.C4H8/c14-11-6-9(13(15,16)17)4-5-10(11)12(19)18-7-8-2-1-3-8;1-8(6,7)4-5-2-3-5;1-4-2-3-4/h4-6,8H,1-3,7H2,(H,18,19);5H,2-4H2,1H3;4H,2-3H2,1H3. The van der Waals surface area contributed by atoms with Gasteiger partial charge in [0, 0.05) is 12.8 Å². The van der Waals surface area contributed by atoms with Crippen molar-refractivity contribution < 1.29 is 26.4 Å². The molecule has 0 bridgehead atoms. The molecule has 1 aromatic rings. The number of hydrogen-bond acceptors (Lipinski definition) is 3. The molecule has 1 aromatic carbocycles. The van der Waals surface area contributed by atoms with E-state index in [2.05, 4.69) is 12.2 Å². The van der Waals surface area contributed by atoms with Crippen molar-refractivity contribution in [2.24, 2.45) is 17.8 Å². The van der Waals surface area contributed by atoms with Crippen LogP contribution < -0.4 is 5.32 Å². The molecule has 0 spiro atoms. The molecule has 4 nitrogen and oxygen atoms in total. The molecule has 0 heterocycles. The van der Waals surface area contributed by atoms with Crippen LogP contribution in [0, 0.1) is 17.8 Å². The van der Waals surface area contributed by atoms with Crippen LogP contribution in [0.2, 0.25) is 5.02 Å². The lowest BCUT2D eigenvalue weighted by molar-refractivity contribution is -0.137. The maximum atomic E-state index is 12.4. The second kappa shape index (κ2) is 11.0. The van der Waals surface area contributed by atoms with Crippen molar-refractivity contribution in [1.29, 1.82) is 0 Å². The van der Waals surface area contributed by atoms with E-state index >= 15 is 0 Å². The van der Waals surface area contributed by atoms with E-state index in [-0.39, 0.29) is 10.6 Å². The Kier molecular flexibility index (Phi) is 9.25. The third kappa shape index (κ3) is 10.7. The van der Waals surface area contributed by atoms with Crippen LogP contribution in [0.4, 0.5) is 13.2 Å². The maximum absolute atomic E-state index is 12.4. The number of hydrogen-bond donors (Lipinski definition) is 1. The summed E-state index contributed by atoms with van der Waals surface area (Å²) in [7, 11) is -2.66.